The van der Waals surface area contributed by atoms with Crippen LogP contribution in [0.3, 0.4) is 0 Å². The first-order chi connectivity index (χ1) is 29.1. The van der Waals surface area contributed by atoms with Gasteiger partial charge in [0.1, 0.15) is 11.6 Å². The van der Waals surface area contributed by atoms with E-state index in [-0.39, 0.29) is 11.6 Å². The van der Waals surface area contributed by atoms with Crippen LogP contribution in [0.15, 0.2) is 237 Å². The van der Waals surface area contributed by atoms with Gasteiger partial charge < -0.3 is 4.90 Å². The number of benzene rings is 9. The Kier molecular flexibility index (Phi) is 9.20. The molecule has 0 saturated carbocycles. The summed E-state index contributed by atoms with van der Waals surface area (Å²) in [4.78, 5) is 2.22. The summed E-state index contributed by atoms with van der Waals surface area (Å²) in [5.41, 5.74) is 7.23. The number of hydrogen-bond acceptors (Lipinski definition) is 1. The van der Waals surface area contributed by atoms with E-state index in [1.807, 2.05) is 48.5 Å². The van der Waals surface area contributed by atoms with Gasteiger partial charge in [-0.2, -0.15) is 20.7 Å². The van der Waals surface area contributed by atoms with Gasteiger partial charge in [0.05, 0.1) is 5.41 Å². The molecule has 9 aromatic rings. The quantitative estimate of drug-likeness (QED) is 0.104. The molecule has 0 aromatic heterocycles. The lowest BCUT2D eigenvalue weighted by Gasteiger charge is -2.47. The van der Waals surface area contributed by atoms with Crippen molar-refractivity contribution in [3.05, 3.63) is 270 Å². The lowest BCUT2D eigenvalue weighted by atomic mass is 9.67. The molecular formula is C55H39F2NSi-. The highest BCUT2D eigenvalue weighted by atomic mass is 28.3. The number of para-hydroxylation sites is 2. The summed E-state index contributed by atoms with van der Waals surface area (Å²) in [6, 6.07) is 80.6. The fourth-order valence-electron chi connectivity index (χ4n) is 9.55. The van der Waals surface area contributed by atoms with Crippen molar-refractivity contribution in [3.63, 3.8) is 0 Å². The molecule has 10 rings (SSSR count). The normalized spacial score (nSPS) is 12.7. The summed E-state index contributed by atoms with van der Waals surface area (Å²) < 4.78 is 31.4. The zero-order valence-corrected chi connectivity index (χ0v) is 33.2. The molecule has 0 radical (unpaired) electrons. The van der Waals surface area contributed by atoms with Crippen LogP contribution in [-0.2, 0) is 5.41 Å². The van der Waals surface area contributed by atoms with Crippen LogP contribution < -0.4 is 25.6 Å². The molecule has 1 aliphatic carbocycles. The number of hydrogen-bond donors (Lipinski definition) is 0. The third kappa shape index (κ3) is 5.95. The van der Waals surface area contributed by atoms with Gasteiger partial charge >= 0.3 is 0 Å². The SMILES string of the molecule is Fc1ccc2c(c1)C(c1ccc(N(c3ccccc3)c3ccccc3)cc1)(c1ccc([Si-](c3ccccc3)(c3ccccc3)c3ccccc3)cc1)c1cc(F)ccc1-2. The second kappa shape index (κ2) is 15.0. The average Bonchev–Trinajstić information content (AvgIpc) is 3.58. The zero-order chi connectivity index (χ0) is 39.8. The third-order valence-electron chi connectivity index (χ3n) is 12.0. The highest BCUT2D eigenvalue weighted by Gasteiger charge is 2.47. The van der Waals surface area contributed by atoms with Crippen molar-refractivity contribution in [2.75, 3.05) is 4.90 Å². The van der Waals surface area contributed by atoms with Crippen molar-refractivity contribution in [1.29, 1.82) is 0 Å². The fraction of sp³-hybridized carbons (Fsp3) is 0.0182. The van der Waals surface area contributed by atoms with Gasteiger partial charge in [0, 0.05) is 17.1 Å². The maximum absolute atomic E-state index is 15.7. The van der Waals surface area contributed by atoms with Crippen LogP contribution in [0.4, 0.5) is 25.8 Å². The van der Waals surface area contributed by atoms with Gasteiger partial charge in [-0.15, -0.1) is 0 Å². The molecular weight excluding hydrogens is 741 g/mol. The van der Waals surface area contributed by atoms with Crippen LogP contribution in [0.1, 0.15) is 22.3 Å². The molecule has 0 N–H and O–H groups in total. The van der Waals surface area contributed by atoms with E-state index in [0.717, 1.165) is 50.4 Å². The maximum atomic E-state index is 15.7. The van der Waals surface area contributed by atoms with Gasteiger partial charge in [0.2, 0.25) is 0 Å². The Balaban J connectivity index is 1.21. The monoisotopic (exact) mass is 779 g/mol. The van der Waals surface area contributed by atoms with E-state index < -0.39 is 13.5 Å². The minimum Gasteiger partial charge on any atom is -0.311 e. The van der Waals surface area contributed by atoms with Crippen LogP contribution >= 0.6 is 0 Å². The predicted molar refractivity (Wildman–Crippen MR) is 242 cm³/mol. The lowest BCUT2D eigenvalue weighted by Crippen LogP contribution is -2.74. The molecule has 0 spiro atoms. The minimum atomic E-state index is -2.84. The molecule has 0 aliphatic heterocycles. The second-order valence-corrected chi connectivity index (χ2v) is 18.9. The number of nitrogens with zero attached hydrogens (tertiary/aromatic N) is 1. The smallest absolute Gasteiger partial charge is 0.123 e. The van der Waals surface area contributed by atoms with Gasteiger partial charge in [0.25, 0.3) is 0 Å². The molecule has 59 heavy (non-hydrogen) atoms. The Morgan fingerprint density at radius 2 is 0.644 bits per heavy atom. The van der Waals surface area contributed by atoms with E-state index in [0.29, 0.717) is 0 Å². The number of anilines is 3. The molecule has 0 bridgehead atoms. The molecule has 1 nitrogen and oxygen atoms in total. The van der Waals surface area contributed by atoms with Crippen molar-refractivity contribution in [3.8, 4) is 11.1 Å². The van der Waals surface area contributed by atoms with Crippen LogP contribution in [0.2, 0.25) is 0 Å². The molecule has 1 aliphatic rings. The summed E-state index contributed by atoms with van der Waals surface area (Å²) >= 11 is 0. The molecule has 4 heteroatoms. The van der Waals surface area contributed by atoms with E-state index >= 15 is 8.78 Å². The Labute approximate surface area is 345 Å². The molecule has 0 saturated heterocycles. The van der Waals surface area contributed by atoms with Crippen LogP contribution in [0.5, 0.6) is 0 Å². The van der Waals surface area contributed by atoms with Gasteiger partial charge in [-0.25, -0.2) is 8.78 Å². The van der Waals surface area contributed by atoms with Crippen molar-refractivity contribution in [2.24, 2.45) is 0 Å². The summed E-state index contributed by atoms with van der Waals surface area (Å²) in [5.74, 6) is -0.671. The summed E-state index contributed by atoms with van der Waals surface area (Å²) in [6.07, 6.45) is 0. The van der Waals surface area contributed by atoms with Crippen LogP contribution in [0.25, 0.3) is 11.1 Å². The molecule has 0 atom stereocenters. The second-order valence-electron chi connectivity index (χ2n) is 15.1. The molecule has 0 heterocycles. The molecule has 0 fully saturated rings. The summed E-state index contributed by atoms with van der Waals surface area (Å²) in [7, 11) is -2.84. The standard InChI is InChI=1S/C55H39F2NSi/c56-42-30-36-51-52-37-31-43(57)39-54(52)55(53(51)38-42,40-26-32-46(33-27-40)58(44-16-6-1-7-17-44)45-18-8-2-9-19-45)41-28-34-50(35-29-41)59(47-20-10-3-11-21-47,48-22-12-4-13-23-48)49-24-14-5-15-25-49/h1-39H/q-1. The first kappa shape index (κ1) is 36.2. The van der Waals surface area contributed by atoms with Crippen molar-refractivity contribution >= 4 is 45.9 Å². The highest BCUT2D eigenvalue weighted by Crippen LogP contribution is 2.56. The molecule has 0 unspecified atom stereocenters. The number of rotatable bonds is 9. The van der Waals surface area contributed by atoms with E-state index in [1.165, 1.54) is 32.9 Å². The topological polar surface area (TPSA) is 3.24 Å². The van der Waals surface area contributed by atoms with E-state index in [4.69, 9.17) is 0 Å². The summed E-state index contributed by atoms with van der Waals surface area (Å²) in [6.45, 7) is 0. The van der Waals surface area contributed by atoms with Crippen molar-refractivity contribution in [2.45, 2.75) is 5.41 Å². The Hall–Kier alpha value is -7.14. The van der Waals surface area contributed by atoms with Gasteiger partial charge in [-0.05, 0) is 102 Å². The van der Waals surface area contributed by atoms with Crippen LogP contribution in [-0.4, -0.2) is 8.07 Å². The lowest BCUT2D eigenvalue weighted by molar-refractivity contribution is 0.616. The minimum absolute atomic E-state index is 0.336. The predicted octanol–water partition coefficient (Wildman–Crippen LogP) is 11.2. The van der Waals surface area contributed by atoms with Gasteiger partial charge in [0.15, 0.2) is 0 Å². The average molecular weight is 780 g/mol. The largest absolute Gasteiger partial charge is 0.311 e. The van der Waals surface area contributed by atoms with Gasteiger partial charge in [-0.3, -0.25) is 0 Å². The Morgan fingerprint density at radius 3 is 1.03 bits per heavy atom. The number of halogens is 2. The molecule has 283 valence electrons. The maximum Gasteiger partial charge on any atom is 0.123 e. The first-order valence-electron chi connectivity index (χ1n) is 20.0. The van der Waals surface area contributed by atoms with Crippen LogP contribution in [0, 0.1) is 11.6 Å². The van der Waals surface area contributed by atoms with E-state index in [2.05, 4.69) is 169 Å². The Bertz CT molecular complexity index is 2680. The summed E-state index contributed by atoms with van der Waals surface area (Å²) in [5, 5.41) is 5.04. The number of fused-ring (bicyclic) bond motifs is 3. The Morgan fingerprint density at radius 1 is 0.322 bits per heavy atom. The highest BCUT2D eigenvalue weighted by molar-refractivity contribution is 7.19. The van der Waals surface area contributed by atoms with E-state index in [9.17, 15) is 0 Å². The van der Waals surface area contributed by atoms with Gasteiger partial charge in [-0.1, -0.05) is 176 Å². The first-order valence-corrected chi connectivity index (χ1v) is 22.0. The third-order valence-corrected chi connectivity index (χ3v) is 16.8. The molecule has 9 aromatic carbocycles. The van der Waals surface area contributed by atoms with E-state index in [1.54, 1.807) is 12.1 Å². The molecule has 0 amide bonds. The van der Waals surface area contributed by atoms with Crippen molar-refractivity contribution in [1.82, 2.24) is 0 Å². The zero-order valence-electron chi connectivity index (χ0n) is 32.2. The fourth-order valence-corrected chi connectivity index (χ4v) is 14.3. The van der Waals surface area contributed by atoms with Crippen molar-refractivity contribution < 1.29 is 8.78 Å².